The molecule has 0 spiro atoms. The van der Waals surface area contributed by atoms with Crippen molar-refractivity contribution in [2.75, 3.05) is 0 Å². The summed E-state index contributed by atoms with van der Waals surface area (Å²) >= 11 is 1.62. The van der Waals surface area contributed by atoms with E-state index in [1.807, 2.05) is 36.5 Å². The molecular weight excluding hydrogens is 410 g/mol. The molecule has 4 aromatic rings. The number of hydrogen-bond acceptors (Lipinski definition) is 3. The Labute approximate surface area is 194 Å². The monoisotopic (exact) mass is 437 g/mol. The average molecular weight is 438 g/mol. The van der Waals surface area contributed by atoms with Gasteiger partial charge in [0.2, 0.25) is 0 Å². The van der Waals surface area contributed by atoms with E-state index in [2.05, 4.69) is 97.5 Å². The summed E-state index contributed by atoms with van der Waals surface area (Å²) in [6, 6.07) is 31.0. The predicted octanol–water partition coefficient (Wildman–Crippen LogP) is 7.75. The summed E-state index contributed by atoms with van der Waals surface area (Å²) in [7, 11) is 0. The highest BCUT2D eigenvalue weighted by Gasteiger charge is 2.16. The molecule has 1 heterocycles. The molecule has 0 saturated heterocycles. The van der Waals surface area contributed by atoms with Crippen LogP contribution in [0.1, 0.15) is 26.3 Å². The number of nitrogens with one attached hydrogen (secondary N) is 1. The van der Waals surface area contributed by atoms with Crippen molar-refractivity contribution in [2.24, 2.45) is 4.99 Å². The maximum absolute atomic E-state index is 5.00. The summed E-state index contributed by atoms with van der Waals surface area (Å²) in [5.41, 5.74) is 5.20. The average Bonchev–Trinajstić information content (AvgIpc) is 3.23. The highest BCUT2D eigenvalue weighted by atomic mass is 32.2. The molecule has 160 valence electrons. The van der Waals surface area contributed by atoms with Crippen LogP contribution in [0.2, 0.25) is 0 Å². The van der Waals surface area contributed by atoms with E-state index < -0.39 is 0 Å². The summed E-state index contributed by atoms with van der Waals surface area (Å²) in [5, 5.41) is 0.849. The molecule has 0 unspecified atom stereocenters. The van der Waals surface area contributed by atoms with E-state index in [1.165, 1.54) is 0 Å². The molecule has 32 heavy (non-hydrogen) atoms. The van der Waals surface area contributed by atoms with Gasteiger partial charge in [0.25, 0.3) is 0 Å². The van der Waals surface area contributed by atoms with Gasteiger partial charge < -0.3 is 4.98 Å². The topological polar surface area (TPSA) is 41.0 Å². The zero-order valence-electron chi connectivity index (χ0n) is 18.6. The van der Waals surface area contributed by atoms with Gasteiger partial charge in [-0.05, 0) is 32.4 Å². The van der Waals surface area contributed by atoms with Crippen LogP contribution in [0.3, 0.4) is 0 Å². The van der Waals surface area contributed by atoms with Gasteiger partial charge in [0.1, 0.15) is 0 Å². The van der Waals surface area contributed by atoms with Gasteiger partial charge in [0.05, 0.1) is 16.9 Å². The van der Waals surface area contributed by atoms with E-state index >= 15 is 0 Å². The molecule has 0 fully saturated rings. The molecular formula is C28H27N3S. The number of hydrogen-bond donors (Lipinski definition) is 1. The van der Waals surface area contributed by atoms with Crippen LogP contribution >= 0.6 is 11.8 Å². The Morgan fingerprint density at radius 2 is 1.38 bits per heavy atom. The number of rotatable bonds is 6. The van der Waals surface area contributed by atoms with Crippen molar-refractivity contribution < 1.29 is 0 Å². The van der Waals surface area contributed by atoms with Crippen LogP contribution in [0.25, 0.3) is 27.4 Å². The summed E-state index contributed by atoms with van der Waals surface area (Å²) < 4.78 is 0. The standard InChI is InChI=1S/C28H27N3S/c1-28(2,3)29-20-19-24(21-13-7-4-8-14-21)32-27-30-25(22-15-9-5-10-16-22)26(31-27)23-17-11-6-12-18-23/h4-20H,1-3H3,(H,30,31)/b24-19-,29-20?. The minimum atomic E-state index is -0.116. The Morgan fingerprint density at radius 1 is 0.812 bits per heavy atom. The molecule has 0 atom stereocenters. The van der Waals surface area contributed by atoms with Gasteiger partial charge in [-0.2, -0.15) is 0 Å². The first-order valence-corrected chi connectivity index (χ1v) is 11.5. The third-order valence-electron chi connectivity index (χ3n) is 4.74. The number of aromatic nitrogens is 2. The first-order chi connectivity index (χ1) is 15.5. The molecule has 1 N–H and O–H groups in total. The molecule has 0 aliphatic heterocycles. The second-order valence-corrected chi connectivity index (χ2v) is 9.48. The predicted molar refractivity (Wildman–Crippen MR) is 138 cm³/mol. The van der Waals surface area contributed by atoms with Crippen molar-refractivity contribution >= 4 is 22.9 Å². The second kappa shape index (κ2) is 9.84. The number of H-pyrrole nitrogens is 1. The number of allylic oxidation sites excluding steroid dienone is 1. The smallest absolute Gasteiger partial charge is 0.171 e. The zero-order chi connectivity index (χ0) is 22.4. The lowest BCUT2D eigenvalue weighted by molar-refractivity contribution is 0.587. The number of aromatic amines is 1. The normalized spacial score (nSPS) is 12.4. The third kappa shape index (κ3) is 5.65. The summed E-state index contributed by atoms with van der Waals surface area (Å²) in [4.78, 5) is 14.3. The molecule has 0 radical (unpaired) electrons. The number of thioether (sulfide) groups is 1. The molecule has 3 aromatic carbocycles. The minimum Gasteiger partial charge on any atom is -0.332 e. The van der Waals surface area contributed by atoms with Crippen molar-refractivity contribution in [3.8, 4) is 22.5 Å². The largest absolute Gasteiger partial charge is 0.332 e. The van der Waals surface area contributed by atoms with Gasteiger partial charge in [-0.3, -0.25) is 4.99 Å². The third-order valence-corrected chi connectivity index (χ3v) is 5.72. The molecule has 4 heteroatoms. The fourth-order valence-corrected chi connectivity index (χ4v) is 4.12. The Bertz CT molecular complexity index is 1150. The second-order valence-electron chi connectivity index (χ2n) is 8.45. The lowest BCUT2D eigenvalue weighted by atomic mass is 10.1. The highest BCUT2D eigenvalue weighted by Crippen LogP contribution is 2.37. The van der Waals surface area contributed by atoms with E-state index in [4.69, 9.17) is 4.98 Å². The first-order valence-electron chi connectivity index (χ1n) is 10.7. The number of imidazole rings is 1. The van der Waals surface area contributed by atoms with E-state index in [0.29, 0.717) is 0 Å². The Balaban J connectivity index is 1.75. The van der Waals surface area contributed by atoms with Gasteiger partial charge >= 0.3 is 0 Å². The zero-order valence-corrected chi connectivity index (χ0v) is 19.4. The van der Waals surface area contributed by atoms with Crippen LogP contribution in [0.5, 0.6) is 0 Å². The lowest BCUT2D eigenvalue weighted by Gasteiger charge is -2.10. The van der Waals surface area contributed by atoms with Crippen LogP contribution in [-0.2, 0) is 0 Å². The maximum atomic E-state index is 5.00. The van der Waals surface area contributed by atoms with Crippen LogP contribution < -0.4 is 0 Å². The van der Waals surface area contributed by atoms with Gasteiger partial charge in [-0.25, -0.2) is 4.98 Å². The minimum absolute atomic E-state index is 0.116. The van der Waals surface area contributed by atoms with Crippen molar-refractivity contribution in [2.45, 2.75) is 31.5 Å². The summed E-state index contributed by atoms with van der Waals surface area (Å²) in [6.45, 7) is 6.28. The summed E-state index contributed by atoms with van der Waals surface area (Å²) in [6.07, 6.45) is 3.96. The highest BCUT2D eigenvalue weighted by molar-refractivity contribution is 8.08. The van der Waals surface area contributed by atoms with Gasteiger partial charge in [-0.15, -0.1) is 0 Å². The number of aliphatic imine (C=N–C) groups is 1. The fourth-order valence-electron chi connectivity index (χ4n) is 3.24. The molecule has 0 amide bonds. The molecule has 0 aliphatic carbocycles. The summed E-state index contributed by atoms with van der Waals surface area (Å²) in [5.74, 6) is 0. The van der Waals surface area contributed by atoms with Crippen molar-refractivity contribution in [1.82, 2.24) is 9.97 Å². The van der Waals surface area contributed by atoms with Crippen LogP contribution in [0.15, 0.2) is 107 Å². The molecule has 1 aromatic heterocycles. The molecule has 0 aliphatic rings. The molecule has 3 nitrogen and oxygen atoms in total. The fraction of sp³-hybridized carbons (Fsp3) is 0.143. The van der Waals surface area contributed by atoms with E-state index in [0.717, 1.165) is 38.1 Å². The molecule has 0 saturated carbocycles. The van der Waals surface area contributed by atoms with Gasteiger partial charge in [0.15, 0.2) is 5.16 Å². The van der Waals surface area contributed by atoms with Crippen LogP contribution in [-0.4, -0.2) is 21.7 Å². The van der Waals surface area contributed by atoms with Crippen molar-refractivity contribution in [3.63, 3.8) is 0 Å². The molecule has 0 bridgehead atoms. The number of benzene rings is 3. The Kier molecular flexibility index (Phi) is 6.72. The van der Waals surface area contributed by atoms with Gasteiger partial charge in [-0.1, -0.05) is 103 Å². The molecule has 4 rings (SSSR count). The Hall–Kier alpha value is -3.37. The van der Waals surface area contributed by atoms with E-state index in [-0.39, 0.29) is 5.54 Å². The van der Waals surface area contributed by atoms with Crippen LogP contribution in [0.4, 0.5) is 0 Å². The first kappa shape index (κ1) is 21.8. The quantitative estimate of drug-likeness (QED) is 0.247. The lowest BCUT2D eigenvalue weighted by Crippen LogP contribution is -2.08. The maximum Gasteiger partial charge on any atom is 0.171 e. The van der Waals surface area contributed by atoms with Crippen molar-refractivity contribution in [3.05, 3.63) is 103 Å². The Morgan fingerprint density at radius 3 is 1.97 bits per heavy atom. The van der Waals surface area contributed by atoms with Crippen LogP contribution in [0, 0.1) is 0 Å². The van der Waals surface area contributed by atoms with E-state index in [1.54, 1.807) is 11.8 Å². The van der Waals surface area contributed by atoms with Crippen molar-refractivity contribution in [1.29, 1.82) is 0 Å². The van der Waals surface area contributed by atoms with E-state index in [9.17, 15) is 0 Å². The number of nitrogens with zero attached hydrogens (tertiary/aromatic N) is 2. The van der Waals surface area contributed by atoms with Gasteiger partial charge in [0, 0.05) is 22.2 Å². The SMILES string of the molecule is CC(C)(C)N=C/C=C(\Sc1nc(-c2ccccc2)c(-c2ccccc2)[nH]1)c1ccccc1.